The van der Waals surface area contributed by atoms with Crippen LogP contribution in [0.4, 0.5) is 24.8 Å². The predicted molar refractivity (Wildman–Crippen MR) is 135 cm³/mol. The fourth-order valence-corrected chi connectivity index (χ4v) is 5.75. The Morgan fingerprint density at radius 2 is 2.00 bits per heavy atom. The molecule has 4 aromatic rings. The molecule has 10 nitrogen and oxygen atoms in total. The second-order valence-corrected chi connectivity index (χ2v) is 10.3. The van der Waals surface area contributed by atoms with Crippen molar-refractivity contribution in [1.29, 1.82) is 0 Å². The van der Waals surface area contributed by atoms with Gasteiger partial charge in [0.25, 0.3) is 0 Å². The van der Waals surface area contributed by atoms with Gasteiger partial charge in [0.15, 0.2) is 0 Å². The molecule has 5 heterocycles. The summed E-state index contributed by atoms with van der Waals surface area (Å²) in [6.45, 7) is 1.18. The van der Waals surface area contributed by atoms with Gasteiger partial charge >= 0.3 is 6.18 Å². The lowest BCUT2D eigenvalue weighted by atomic mass is 10.1. The number of carbonyl (C=O) groups is 2. The minimum atomic E-state index is -4.67. The molecule has 1 saturated heterocycles. The number of amides is 2. The third-order valence-corrected chi connectivity index (χ3v) is 7.51. The molecule has 2 aliphatic rings. The van der Waals surface area contributed by atoms with Crippen LogP contribution in [0.3, 0.4) is 0 Å². The zero-order chi connectivity index (χ0) is 26.9. The van der Waals surface area contributed by atoms with Crippen LogP contribution < -0.4 is 11.1 Å². The zero-order valence-corrected chi connectivity index (χ0v) is 21.4. The van der Waals surface area contributed by atoms with Crippen molar-refractivity contribution in [3.8, 4) is 0 Å². The van der Waals surface area contributed by atoms with Crippen molar-refractivity contribution in [3.05, 3.63) is 46.6 Å². The van der Waals surface area contributed by atoms with Crippen molar-refractivity contribution < 1.29 is 22.8 Å². The van der Waals surface area contributed by atoms with Gasteiger partial charge in [-0.15, -0.1) is 0 Å². The molecule has 0 spiro atoms. The zero-order valence-electron chi connectivity index (χ0n) is 19.8. The van der Waals surface area contributed by atoms with Crippen molar-refractivity contribution in [2.24, 2.45) is 5.92 Å². The number of aromatic nitrogens is 5. The van der Waals surface area contributed by atoms with Gasteiger partial charge in [-0.3, -0.25) is 9.59 Å². The van der Waals surface area contributed by atoms with Crippen molar-refractivity contribution in [2.75, 3.05) is 11.1 Å². The average molecular weight is 589 g/mol. The summed E-state index contributed by atoms with van der Waals surface area (Å²) < 4.78 is 42.6. The van der Waals surface area contributed by atoms with Gasteiger partial charge in [-0.2, -0.15) is 13.2 Å². The number of halogens is 4. The van der Waals surface area contributed by atoms with Crippen LogP contribution in [-0.4, -0.2) is 53.3 Å². The van der Waals surface area contributed by atoms with E-state index in [1.165, 1.54) is 17.8 Å². The van der Waals surface area contributed by atoms with Crippen LogP contribution in [0.5, 0.6) is 0 Å². The third kappa shape index (κ3) is 4.03. The van der Waals surface area contributed by atoms with Gasteiger partial charge in [0.1, 0.15) is 46.5 Å². The van der Waals surface area contributed by atoms with E-state index in [4.69, 9.17) is 5.73 Å². The van der Waals surface area contributed by atoms with Crippen LogP contribution in [0, 0.1) is 12.8 Å². The summed E-state index contributed by atoms with van der Waals surface area (Å²) in [5, 5.41) is 3.14. The number of nitrogen functional groups attached to an aromatic ring is 1. The van der Waals surface area contributed by atoms with Gasteiger partial charge in [0, 0.05) is 11.4 Å². The lowest BCUT2D eigenvalue weighted by Crippen LogP contribution is -2.46. The number of hydrogen-bond acceptors (Lipinski definition) is 7. The Bertz CT molecular complexity index is 1640. The van der Waals surface area contributed by atoms with Crippen LogP contribution in [0.15, 0.2) is 35.2 Å². The van der Waals surface area contributed by atoms with Gasteiger partial charge < -0.3 is 20.5 Å². The molecule has 2 fully saturated rings. The van der Waals surface area contributed by atoms with Crippen molar-refractivity contribution in [2.45, 2.75) is 44.6 Å². The summed E-state index contributed by atoms with van der Waals surface area (Å²) in [7, 11) is 0. The molecule has 0 radical (unpaired) electrons. The first-order valence-corrected chi connectivity index (χ1v) is 12.5. The van der Waals surface area contributed by atoms with E-state index in [1.54, 1.807) is 23.1 Å². The van der Waals surface area contributed by atoms with Gasteiger partial charge in [0.2, 0.25) is 11.8 Å². The highest BCUT2D eigenvalue weighted by molar-refractivity contribution is 9.10. The van der Waals surface area contributed by atoms with Gasteiger partial charge in [0.05, 0.1) is 16.6 Å². The Morgan fingerprint density at radius 3 is 2.74 bits per heavy atom. The molecule has 0 aromatic carbocycles. The molecule has 0 bridgehead atoms. The Balaban J connectivity index is 1.37. The first-order chi connectivity index (χ1) is 18.0. The largest absolute Gasteiger partial charge is 0.433 e. The second kappa shape index (κ2) is 8.61. The van der Waals surface area contributed by atoms with Crippen LogP contribution in [0.2, 0.25) is 0 Å². The number of pyridine rings is 2. The number of piperidine rings is 1. The molecule has 4 aromatic heterocycles. The van der Waals surface area contributed by atoms with E-state index in [0.717, 1.165) is 12.5 Å². The predicted octanol–water partition coefficient (Wildman–Crippen LogP) is 3.67. The highest BCUT2D eigenvalue weighted by Gasteiger charge is 2.56. The van der Waals surface area contributed by atoms with E-state index in [1.807, 2.05) is 0 Å². The van der Waals surface area contributed by atoms with Crippen LogP contribution in [0.1, 0.15) is 24.2 Å². The topological polar surface area (TPSA) is 132 Å². The molecular formula is C24H20BrF3N8O2. The number of anilines is 2. The molecule has 1 aliphatic heterocycles. The quantitative estimate of drug-likeness (QED) is 0.347. The molecule has 2 amide bonds. The van der Waals surface area contributed by atoms with E-state index in [9.17, 15) is 22.8 Å². The Hall–Kier alpha value is -3.81. The monoisotopic (exact) mass is 588 g/mol. The van der Waals surface area contributed by atoms with Crippen LogP contribution >= 0.6 is 15.9 Å². The molecule has 196 valence electrons. The minimum absolute atomic E-state index is 0.00729. The van der Waals surface area contributed by atoms with E-state index >= 15 is 0 Å². The maximum absolute atomic E-state index is 13.7. The molecule has 3 N–H and O–H groups in total. The number of likely N-dealkylation sites (tertiary alicyclic amines) is 1. The first-order valence-electron chi connectivity index (χ1n) is 11.7. The minimum Gasteiger partial charge on any atom is -0.383 e. The van der Waals surface area contributed by atoms with E-state index < -0.39 is 17.9 Å². The molecule has 1 aliphatic carbocycles. The van der Waals surface area contributed by atoms with E-state index in [2.05, 4.69) is 41.2 Å². The number of nitrogens with one attached hydrogen (secondary N) is 1. The van der Waals surface area contributed by atoms with E-state index in [-0.39, 0.29) is 58.3 Å². The number of nitrogens with zero attached hydrogens (tertiary/aromatic N) is 6. The van der Waals surface area contributed by atoms with E-state index in [0.29, 0.717) is 22.4 Å². The fourth-order valence-electron chi connectivity index (χ4n) is 5.41. The number of aryl methyl sites for hydroxylation is 1. The molecule has 3 atom stereocenters. The summed E-state index contributed by atoms with van der Waals surface area (Å²) in [5.74, 6) is -0.134. The SMILES string of the molecule is Cc1nc(C(F)(F)F)cc2c3c(N)ncnc3n(CC(=O)N3C4C[C@@H]4C[C@H]3C(=O)Nc3cccc(Br)n3)c12. The number of nitrogens with two attached hydrogens (primary N) is 1. The van der Waals surface area contributed by atoms with Crippen molar-refractivity contribution in [3.63, 3.8) is 0 Å². The Morgan fingerprint density at radius 1 is 1.21 bits per heavy atom. The fraction of sp³-hybridized carbons (Fsp3) is 0.333. The summed E-state index contributed by atoms with van der Waals surface area (Å²) in [6, 6.07) is 5.25. The molecule has 6 rings (SSSR count). The van der Waals surface area contributed by atoms with Crippen molar-refractivity contribution >= 4 is 61.3 Å². The maximum atomic E-state index is 13.7. The van der Waals surface area contributed by atoms with Gasteiger partial charge in [-0.25, -0.2) is 19.9 Å². The lowest BCUT2D eigenvalue weighted by Gasteiger charge is -2.27. The third-order valence-electron chi connectivity index (χ3n) is 7.06. The highest BCUT2D eigenvalue weighted by atomic mass is 79.9. The number of fused-ring (bicyclic) bond motifs is 4. The van der Waals surface area contributed by atoms with Crippen LogP contribution in [0.25, 0.3) is 21.9 Å². The first kappa shape index (κ1) is 24.5. The Labute approximate surface area is 221 Å². The Kier molecular flexibility index (Phi) is 5.56. The number of hydrogen-bond donors (Lipinski definition) is 2. The molecule has 14 heteroatoms. The maximum Gasteiger partial charge on any atom is 0.433 e. The number of rotatable bonds is 4. The van der Waals surface area contributed by atoms with Gasteiger partial charge in [-0.05, 0) is 59.8 Å². The van der Waals surface area contributed by atoms with Crippen molar-refractivity contribution in [1.82, 2.24) is 29.4 Å². The number of alkyl halides is 3. The normalized spacial score (nSPS) is 20.7. The molecule has 38 heavy (non-hydrogen) atoms. The van der Waals surface area contributed by atoms with Crippen LogP contribution in [-0.2, 0) is 22.3 Å². The second-order valence-electron chi connectivity index (χ2n) is 9.48. The average Bonchev–Trinajstić information content (AvgIpc) is 3.38. The summed E-state index contributed by atoms with van der Waals surface area (Å²) in [5.41, 5.74) is 5.57. The standard InChI is InChI=1S/C24H20BrF3N8O2/c1-10-20-12(7-15(32-10)24(26,27)28)19-21(29)30-9-31-22(19)35(20)8-18(37)36-13-5-11(13)6-14(36)23(38)34-17-4-2-3-16(25)33-17/h2-4,7,9,11,13-14H,5-6,8H2,1H3,(H2,29,30,31)(H,33,34,38)/t11-,13?,14+/m1/s1. The lowest BCUT2D eigenvalue weighted by molar-refractivity contribution is -0.141. The smallest absolute Gasteiger partial charge is 0.383 e. The van der Waals surface area contributed by atoms with Gasteiger partial charge in [-0.1, -0.05) is 6.07 Å². The highest BCUT2D eigenvalue weighted by Crippen LogP contribution is 2.48. The summed E-state index contributed by atoms with van der Waals surface area (Å²) in [4.78, 5) is 44.6. The molecule has 1 unspecified atom stereocenters. The molecule has 1 saturated carbocycles. The number of carbonyl (C=O) groups excluding carboxylic acids is 2. The summed E-state index contributed by atoms with van der Waals surface area (Å²) in [6.07, 6.45) is -2.16. The molecular weight excluding hydrogens is 569 g/mol. The summed E-state index contributed by atoms with van der Waals surface area (Å²) >= 11 is 3.27.